The van der Waals surface area contributed by atoms with Gasteiger partial charge in [0.25, 0.3) is 0 Å². The maximum Gasteiger partial charge on any atom is 0.135 e. The van der Waals surface area contributed by atoms with E-state index in [4.69, 9.17) is 4.42 Å². The maximum atomic E-state index is 6.13. The summed E-state index contributed by atoms with van der Waals surface area (Å²) < 4.78 is 6.13. The summed E-state index contributed by atoms with van der Waals surface area (Å²) in [5, 5.41) is 2.29. The van der Waals surface area contributed by atoms with Crippen LogP contribution in [-0.4, -0.2) is 0 Å². The molecule has 0 atom stereocenters. The van der Waals surface area contributed by atoms with Crippen molar-refractivity contribution >= 4 is 39.0 Å². The summed E-state index contributed by atoms with van der Waals surface area (Å²) in [4.78, 5) is 2.49. The molecule has 0 unspecified atom stereocenters. The number of benzene rings is 7. The van der Waals surface area contributed by atoms with Crippen LogP contribution >= 0.6 is 0 Å². The molecule has 1 heterocycles. The largest absolute Gasteiger partial charge is 0.456 e. The van der Waals surface area contributed by atoms with Crippen molar-refractivity contribution in [3.05, 3.63) is 174 Å². The Labute approximate surface area is 300 Å². The number of hydrogen-bond donors (Lipinski definition) is 0. The van der Waals surface area contributed by atoms with Gasteiger partial charge >= 0.3 is 0 Å². The number of anilines is 3. The summed E-state index contributed by atoms with van der Waals surface area (Å²) >= 11 is 0. The Kier molecular flexibility index (Phi) is 6.76. The smallest absolute Gasteiger partial charge is 0.135 e. The number of furan rings is 1. The Morgan fingerprint density at radius 1 is 0.431 bits per heavy atom. The Hall–Kier alpha value is -5.86. The molecular formula is C49H41NO. The van der Waals surface area contributed by atoms with E-state index in [0.717, 1.165) is 27.6 Å². The molecule has 0 N–H and O–H groups in total. The predicted molar refractivity (Wildman–Crippen MR) is 216 cm³/mol. The molecule has 0 bridgehead atoms. The molecule has 0 saturated heterocycles. The SMILES string of the molecule is C.CC1(C)c2ccccc2-c2ccc(N(c3ccc(-c4ccc5oc6ccccc6c5c4)cc3)c3cccc4c3C(C)(C)c3ccccc3-4)cc21. The highest BCUT2D eigenvalue weighted by Gasteiger charge is 2.40. The number of nitrogens with zero attached hydrogens (tertiary/aromatic N) is 1. The van der Waals surface area contributed by atoms with Gasteiger partial charge in [-0.3, -0.25) is 0 Å². The Balaban J connectivity index is 0.00000348. The summed E-state index contributed by atoms with van der Waals surface area (Å²) in [6, 6.07) is 55.6. The fourth-order valence-corrected chi connectivity index (χ4v) is 8.97. The Morgan fingerprint density at radius 2 is 1.02 bits per heavy atom. The van der Waals surface area contributed by atoms with E-state index in [1.54, 1.807) is 0 Å². The maximum absolute atomic E-state index is 6.13. The van der Waals surface area contributed by atoms with Crippen LogP contribution in [-0.2, 0) is 10.8 Å². The molecule has 51 heavy (non-hydrogen) atoms. The van der Waals surface area contributed by atoms with Crippen molar-refractivity contribution in [3.8, 4) is 33.4 Å². The minimum Gasteiger partial charge on any atom is -0.456 e. The average Bonchev–Trinajstić information content (AvgIpc) is 3.72. The van der Waals surface area contributed by atoms with Crippen molar-refractivity contribution in [1.82, 2.24) is 0 Å². The average molecular weight is 660 g/mol. The molecule has 0 fully saturated rings. The molecule has 1 aromatic heterocycles. The zero-order chi connectivity index (χ0) is 33.8. The second-order valence-corrected chi connectivity index (χ2v) is 15.0. The van der Waals surface area contributed by atoms with Gasteiger partial charge in [0.05, 0.1) is 5.69 Å². The van der Waals surface area contributed by atoms with Gasteiger partial charge in [0.15, 0.2) is 0 Å². The first kappa shape index (κ1) is 31.1. The van der Waals surface area contributed by atoms with Crippen LogP contribution in [0.3, 0.4) is 0 Å². The zero-order valence-corrected chi connectivity index (χ0v) is 28.8. The zero-order valence-electron chi connectivity index (χ0n) is 28.8. The van der Waals surface area contributed by atoms with Crippen LogP contribution in [0.4, 0.5) is 17.1 Å². The number of para-hydroxylation sites is 1. The first-order chi connectivity index (χ1) is 24.3. The molecule has 2 aliphatic rings. The molecule has 2 heteroatoms. The van der Waals surface area contributed by atoms with Crippen molar-refractivity contribution in [2.45, 2.75) is 46.0 Å². The van der Waals surface area contributed by atoms with Crippen LogP contribution in [0.15, 0.2) is 156 Å². The van der Waals surface area contributed by atoms with Crippen LogP contribution in [0, 0.1) is 0 Å². The predicted octanol–water partition coefficient (Wildman–Crippen LogP) is 14.0. The number of fused-ring (bicyclic) bond motifs is 9. The minimum absolute atomic E-state index is 0. The standard InChI is InChI=1S/C48H37NO.CH4/c1-47(2)40-16-8-5-12-34(40)36-26-25-33(29-42(36)47)49(43-18-11-15-38-35-13-6-9-17-41(35)48(3,4)46(38)43)32-23-20-30(21-24-32)31-22-27-45-39(28-31)37-14-7-10-19-44(37)50-45;/h5-29H,1-4H3;1H4. The van der Waals surface area contributed by atoms with Gasteiger partial charge in [-0.05, 0) is 104 Å². The summed E-state index contributed by atoms with van der Waals surface area (Å²) in [5.41, 5.74) is 18.3. The van der Waals surface area contributed by atoms with E-state index in [-0.39, 0.29) is 18.3 Å². The van der Waals surface area contributed by atoms with E-state index >= 15 is 0 Å². The van der Waals surface area contributed by atoms with Gasteiger partial charge in [-0.2, -0.15) is 0 Å². The van der Waals surface area contributed by atoms with E-state index in [2.05, 4.69) is 172 Å². The molecule has 0 radical (unpaired) electrons. The van der Waals surface area contributed by atoms with Crippen molar-refractivity contribution in [2.24, 2.45) is 0 Å². The van der Waals surface area contributed by atoms with Gasteiger partial charge < -0.3 is 9.32 Å². The highest BCUT2D eigenvalue weighted by Crippen LogP contribution is 2.55. The third-order valence-electron chi connectivity index (χ3n) is 11.5. The quantitative estimate of drug-likeness (QED) is 0.187. The summed E-state index contributed by atoms with van der Waals surface area (Å²) in [6.45, 7) is 9.47. The monoisotopic (exact) mass is 659 g/mol. The fourth-order valence-electron chi connectivity index (χ4n) is 8.97. The van der Waals surface area contributed by atoms with Gasteiger partial charge in [0, 0.05) is 33.0 Å². The van der Waals surface area contributed by atoms with Gasteiger partial charge in [0.1, 0.15) is 11.2 Å². The molecule has 7 aromatic carbocycles. The molecule has 2 nitrogen and oxygen atoms in total. The van der Waals surface area contributed by atoms with Crippen molar-refractivity contribution in [1.29, 1.82) is 0 Å². The lowest BCUT2D eigenvalue weighted by Crippen LogP contribution is -2.21. The first-order valence-corrected chi connectivity index (χ1v) is 17.6. The van der Waals surface area contributed by atoms with E-state index in [0.29, 0.717) is 0 Å². The lowest BCUT2D eigenvalue weighted by Gasteiger charge is -2.33. The second-order valence-electron chi connectivity index (χ2n) is 15.0. The molecule has 0 saturated carbocycles. The molecular weight excluding hydrogens is 619 g/mol. The molecule has 2 aliphatic carbocycles. The van der Waals surface area contributed by atoms with Crippen LogP contribution in [0.25, 0.3) is 55.3 Å². The Bertz CT molecular complexity index is 2650. The summed E-state index contributed by atoms with van der Waals surface area (Å²) in [5.74, 6) is 0. The van der Waals surface area contributed by atoms with E-state index in [1.807, 2.05) is 12.1 Å². The lowest BCUT2D eigenvalue weighted by molar-refractivity contribution is 0.658. The molecule has 0 aliphatic heterocycles. The van der Waals surface area contributed by atoms with E-state index in [9.17, 15) is 0 Å². The van der Waals surface area contributed by atoms with Crippen LogP contribution in [0.5, 0.6) is 0 Å². The van der Waals surface area contributed by atoms with Crippen molar-refractivity contribution < 1.29 is 4.42 Å². The first-order valence-electron chi connectivity index (χ1n) is 17.6. The third kappa shape index (κ3) is 4.42. The number of hydrogen-bond acceptors (Lipinski definition) is 2. The molecule has 10 rings (SSSR count). The van der Waals surface area contributed by atoms with Crippen LogP contribution in [0.2, 0.25) is 0 Å². The Morgan fingerprint density at radius 3 is 1.80 bits per heavy atom. The molecule has 0 spiro atoms. The minimum atomic E-state index is -0.157. The van der Waals surface area contributed by atoms with Gasteiger partial charge in [-0.15, -0.1) is 0 Å². The van der Waals surface area contributed by atoms with Gasteiger partial charge in [-0.25, -0.2) is 0 Å². The van der Waals surface area contributed by atoms with Crippen molar-refractivity contribution in [3.63, 3.8) is 0 Å². The van der Waals surface area contributed by atoms with Crippen LogP contribution < -0.4 is 4.90 Å². The molecule has 8 aromatic rings. The highest BCUT2D eigenvalue weighted by atomic mass is 16.3. The fraction of sp³-hybridized carbons (Fsp3) is 0.143. The third-order valence-corrected chi connectivity index (χ3v) is 11.5. The van der Waals surface area contributed by atoms with Gasteiger partial charge in [0.2, 0.25) is 0 Å². The second kappa shape index (κ2) is 11.1. The topological polar surface area (TPSA) is 16.4 Å². The number of rotatable bonds is 4. The summed E-state index contributed by atoms with van der Waals surface area (Å²) in [7, 11) is 0. The molecule has 248 valence electrons. The van der Waals surface area contributed by atoms with Crippen molar-refractivity contribution in [2.75, 3.05) is 4.90 Å². The lowest BCUT2D eigenvalue weighted by atomic mass is 9.81. The molecule has 0 amide bonds. The van der Waals surface area contributed by atoms with E-state index in [1.165, 1.54) is 67.0 Å². The highest BCUT2D eigenvalue weighted by molar-refractivity contribution is 6.06. The summed E-state index contributed by atoms with van der Waals surface area (Å²) in [6.07, 6.45) is 0. The van der Waals surface area contributed by atoms with Crippen LogP contribution in [0.1, 0.15) is 57.4 Å². The van der Waals surface area contributed by atoms with Gasteiger partial charge in [-0.1, -0.05) is 138 Å². The van der Waals surface area contributed by atoms with E-state index < -0.39 is 0 Å². The normalized spacial score (nSPS) is 14.4.